The van der Waals surface area contributed by atoms with E-state index in [0.29, 0.717) is 6.61 Å². The van der Waals surface area contributed by atoms with E-state index in [1.807, 2.05) is 0 Å². The van der Waals surface area contributed by atoms with Crippen molar-refractivity contribution in [3.05, 3.63) is 0 Å². The SMILES string of the molecule is CCCCCCCCCCCCCCCCCCCCOOC(=S)S. The summed E-state index contributed by atoms with van der Waals surface area (Å²) in [6, 6.07) is 0. The highest BCUT2D eigenvalue weighted by Crippen LogP contribution is 2.14. The van der Waals surface area contributed by atoms with Crippen molar-refractivity contribution in [2.24, 2.45) is 0 Å². The first-order chi connectivity index (χ1) is 12.3. The fourth-order valence-corrected chi connectivity index (χ4v) is 3.26. The van der Waals surface area contributed by atoms with Gasteiger partial charge in [-0.15, -0.1) is 0 Å². The summed E-state index contributed by atoms with van der Waals surface area (Å²) < 4.78 is 0.155. The maximum atomic E-state index is 4.91. The van der Waals surface area contributed by atoms with Gasteiger partial charge in [0.25, 0.3) is 4.38 Å². The number of hydrogen-bond acceptors (Lipinski definition) is 3. The summed E-state index contributed by atoms with van der Waals surface area (Å²) in [6.45, 7) is 2.90. The minimum Gasteiger partial charge on any atom is -0.319 e. The molecule has 0 atom stereocenters. The molecule has 2 nitrogen and oxygen atoms in total. The van der Waals surface area contributed by atoms with Crippen molar-refractivity contribution >= 4 is 29.2 Å². The van der Waals surface area contributed by atoms with Gasteiger partial charge in [0.05, 0.1) is 6.61 Å². The zero-order chi connectivity index (χ0) is 18.4. The van der Waals surface area contributed by atoms with E-state index in [2.05, 4.69) is 36.7 Å². The second kappa shape index (κ2) is 22.2. The van der Waals surface area contributed by atoms with Gasteiger partial charge in [-0.2, -0.15) is 4.89 Å². The molecule has 0 spiro atoms. The molecule has 0 amide bonds. The van der Waals surface area contributed by atoms with E-state index >= 15 is 0 Å². The van der Waals surface area contributed by atoms with E-state index < -0.39 is 0 Å². The summed E-state index contributed by atoms with van der Waals surface area (Å²) >= 11 is 8.46. The maximum absolute atomic E-state index is 4.91. The van der Waals surface area contributed by atoms with Crippen LogP contribution in [0, 0.1) is 0 Å². The molecule has 0 rings (SSSR count). The second-order valence-electron chi connectivity index (χ2n) is 7.18. The molecule has 0 N–H and O–H groups in total. The first-order valence-electron chi connectivity index (χ1n) is 10.8. The summed E-state index contributed by atoms with van der Waals surface area (Å²) in [4.78, 5) is 9.58. The minimum absolute atomic E-state index is 0.155. The van der Waals surface area contributed by atoms with Gasteiger partial charge in [-0.1, -0.05) is 129 Å². The molecule has 0 aromatic heterocycles. The van der Waals surface area contributed by atoms with Crippen LogP contribution in [0.4, 0.5) is 0 Å². The lowest BCUT2D eigenvalue weighted by molar-refractivity contribution is -0.216. The highest BCUT2D eigenvalue weighted by molar-refractivity contribution is 8.10. The highest BCUT2D eigenvalue weighted by atomic mass is 32.1. The molecule has 0 heterocycles. The van der Waals surface area contributed by atoms with Crippen LogP contribution in [-0.4, -0.2) is 11.0 Å². The molecule has 0 aliphatic rings. The molecule has 0 aromatic rings. The summed E-state index contributed by atoms with van der Waals surface area (Å²) in [6.07, 6.45) is 25.0. The van der Waals surface area contributed by atoms with Gasteiger partial charge in [0.15, 0.2) is 0 Å². The Morgan fingerprint density at radius 1 is 0.600 bits per heavy atom. The van der Waals surface area contributed by atoms with Crippen molar-refractivity contribution < 1.29 is 9.78 Å². The third-order valence-corrected chi connectivity index (χ3v) is 4.85. The number of hydrogen-bond donors (Lipinski definition) is 1. The van der Waals surface area contributed by atoms with E-state index in [4.69, 9.17) is 4.89 Å². The van der Waals surface area contributed by atoms with Crippen LogP contribution in [0.1, 0.15) is 122 Å². The molecule has 0 fully saturated rings. The van der Waals surface area contributed by atoms with Crippen molar-refractivity contribution in [2.75, 3.05) is 6.61 Å². The summed E-state index contributed by atoms with van der Waals surface area (Å²) in [5, 5.41) is 0. The Hall–Kier alpha value is 0.200. The van der Waals surface area contributed by atoms with Crippen LogP contribution in [0.2, 0.25) is 0 Å². The van der Waals surface area contributed by atoms with E-state index in [1.54, 1.807) is 0 Å². The van der Waals surface area contributed by atoms with Crippen molar-refractivity contribution in [1.82, 2.24) is 0 Å². The molecule has 0 saturated heterocycles. The van der Waals surface area contributed by atoms with Crippen LogP contribution in [0.25, 0.3) is 0 Å². The lowest BCUT2D eigenvalue weighted by atomic mass is 10.0. The average Bonchev–Trinajstić information content (AvgIpc) is 2.60. The third-order valence-electron chi connectivity index (χ3n) is 4.71. The van der Waals surface area contributed by atoms with Crippen LogP contribution in [-0.2, 0) is 9.78 Å². The van der Waals surface area contributed by atoms with Gasteiger partial charge in [-0.05, 0) is 18.6 Å². The third kappa shape index (κ3) is 24.2. The van der Waals surface area contributed by atoms with Crippen molar-refractivity contribution in [3.8, 4) is 0 Å². The zero-order valence-corrected chi connectivity index (χ0v) is 18.3. The molecule has 0 unspecified atom stereocenters. The first-order valence-corrected chi connectivity index (χ1v) is 11.6. The summed E-state index contributed by atoms with van der Waals surface area (Å²) in [7, 11) is 0. The predicted octanol–water partition coefficient (Wildman–Crippen LogP) is 8.19. The monoisotopic (exact) mass is 390 g/mol. The molecule has 0 aliphatic heterocycles. The van der Waals surface area contributed by atoms with Crippen LogP contribution < -0.4 is 0 Å². The van der Waals surface area contributed by atoms with Crippen LogP contribution >= 0.6 is 24.8 Å². The van der Waals surface area contributed by atoms with Gasteiger partial charge in [-0.25, -0.2) is 0 Å². The lowest BCUT2D eigenvalue weighted by Crippen LogP contribution is -1.98. The molecular weight excluding hydrogens is 348 g/mol. The number of unbranched alkanes of at least 4 members (excludes halogenated alkanes) is 17. The van der Waals surface area contributed by atoms with E-state index in [-0.39, 0.29) is 4.38 Å². The largest absolute Gasteiger partial charge is 0.319 e. The Morgan fingerprint density at radius 2 is 0.920 bits per heavy atom. The van der Waals surface area contributed by atoms with Crippen LogP contribution in [0.3, 0.4) is 0 Å². The summed E-state index contributed by atoms with van der Waals surface area (Å²) in [5.41, 5.74) is 0. The topological polar surface area (TPSA) is 18.5 Å². The normalized spacial score (nSPS) is 11.0. The Bertz CT molecular complexity index is 273. The smallest absolute Gasteiger partial charge is 0.260 e. The number of rotatable bonds is 20. The Labute approximate surface area is 168 Å². The van der Waals surface area contributed by atoms with Gasteiger partial charge in [-0.3, -0.25) is 0 Å². The summed E-state index contributed by atoms with van der Waals surface area (Å²) in [5.74, 6) is 0. The zero-order valence-electron chi connectivity index (χ0n) is 16.6. The Balaban J connectivity index is 2.97. The van der Waals surface area contributed by atoms with Crippen molar-refractivity contribution in [1.29, 1.82) is 0 Å². The quantitative estimate of drug-likeness (QED) is 0.0743. The van der Waals surface area contributed by atoms with Gasteiger partial charge in [0.1, 0.15) is 0 Å². The predicted molar refractivity (Wildman–Crippen MR) is 117 cm³/mol. The molecule has 0 aromatic carbocycles. The highest BCUT2D eigenvalue weighted by Gasteiger charge is 1.96. The molecule has 0 radical (unpaired) electrons. The second-order valence-corrected chi connectivity index (χ2v) is 8.26. The van der Waals surface area contributed by atoms with E-state index in [9.17, 15) is 0 Å². The number of thiocarbonyl (C=S) groups is 1. The molecule has 25 heavy (non-hydrogen) atoms. The molecule has 0 bridgehead atoms. The van der Waals surface area contributed by atoms with Gasteiger partial charge >= 0.3 is 0 Å². The lowest BCUT2D eigenvalue weighted by Gasteiger charge is -2.04. The van der Waals surface area contributed by atoms with Gasteiger partial charge in [0.2, 0.25) is 0 Å². The molecule has 150 valence electrons. The average molecular weight is 391 g/mol. The van der Waals surface area contributed by atoms with E-state index in [0.717, 1.165) is 6.42 Å². The van der Waals surface area contributed by atoms with Crippen LogP contribution in [0.15, 0.2) is 0 Å². The fraction of sp³-hybridized carbons (Fsp3) is 0.952. The van der Waals surface area contributed by atoms with Gasteiger partial charge in [0, 0.05) is 0 Å². The van der Waals surface area contributed by atoms with Crippen molar-refractivity contribution in [3.63, 3.8) is 0 Å². The van der Waals surface area contributed by atoms with E-state index in [1.165, 1.54) is 109 Å². The number of thiol groups is 1. The van der Waals surface area contributed by atoms with Crippen LogP contribution in [0.5, 0.6) is 0 Å². The fourth-order valence-electron chi connectivity index (χ4n) is 3.15. The molecule has 0 saturated carbocycles. The Kier molecular flexibility index (Phi) is 22.4. The minimum atomic E-state index is 0.155. The van der Waals surface area contributed by atoms with Gasteiger partial charge < -0.3 is 4.89 Å². The van der Waals surface area contributed by atoms with Crippen molar-refractivity contribution in [2.45, 2.75) is 122 Å². The first kappa shape index (κ1) is 25.2. The molecule has 0 aliphatic carbocycles. The Morgan fingerprint density at radius 3 is 1.24 bits per heavy atom. The standard InChI is InChI=1S/C21H42O2S2/c1-2-3-4-5-6-7-8-9-10-11-12-13-14-15-16-17-18-19-20-22-23-21(24)25/h2-20H2,1H3,(H,24,25). The molecule has 4 heteroatoms. The maximum Gasteiger partial charge on any atom is 0.260 e. The molecular formula is C21H42O2S2.